The molecule has 0 bridgehead atoms. The summed E-state index contributed by atoms with van der Waals surface area (Å²) in [4.78, 5) is 18.9. The van der Waals surface area contributed by atoms with Crippen LogP contribution in [0, 0.1) is 0 Å². The van der Waals surface area contributed by atoms with E-state index in [1.54, 1.807) is 29.2 Å². The molecule has 0 radical (unpaired) electrons. The summed E-state index contributed by atoms with van der Waals surface area (Å²) in [6.45, 7) is 1.49. The van der Waals surface area contributed by atoms with Gasteiger partial charge < -0.3 is 4.90 Å². The molecule has 0 N–H and O–H groups in total. The summed E-state index contributed by atoms with van der Waals surface area (Å²) in [5.41, 5.74) is 4.07. The zero-order chi connectivity index (χ0) is 19.6. The van der Waals surface area contributed by atoms with Crippen LogP contribution in [0.5, 0.6) is 0 Å². The van der Waals surface area contributed by atoms with Crippen LogP contribution in [0.3, 0.4) is 0 Å². The summed E-state index contributed by atoms with van der Waals surface area (Å²) >= 11 is 0. The van der Waals surface area contributed by atoms with Crippen molar-refractivity contribution in [3.05, 3.63) is 64.3 Å². The van der Waals surface area contributed by atoms with Gasteiger partial charge in [-0.3, -0.25) is 9.78 Å². The van der Waals surface area contributed by atoms with Crippen molar-refractivity contribution in [2.75, 3.05) is 11.4 Å². The van der Waals surface area contributed by atoms with E-state index in [1.807, 2.05) is 12.1 Å². The van der Waals surface area contributed by atoms with Crippen LogP contribution >= 0.6 is 0 Å². The number of pyridine rings is 1. The molecule has 0 amide bonds. The summed E-state index contributed by atoms with van der Waals surface area (Å²) in [5.74, 6) is 0.935. The van der Waals surface area contributed by atoms with Gasteiger partial charge in [0.1, 0.15) is 0 Å². The average Bonchev–Trinajstić information content (AvgIpc) is 3.24. The van der Waals surface area contributed by atoms with Crippen molar-refractivity contribution >= 4 is 5.82 Å². The quantitative estimate of drug-likeness (QED) is 0.684. The van der Waals surface area contributed by atoms with Gasteiger partial charge in [0.15, 0.2) is 5.82 Å². The van der Waals surface area contributed by atoms with Gasteiger partial charge in [0, 0.05) is 30.6 Å². The van der Waals surface area contributed by atoms with E-state index in [4.69, 9.17) is 0 Å². The first-order valence-corrected chi connectivity index (χ1v) is 10.4. The van der Waals surface area contributed by atoms with Gasteiger partial charge in [-0.2, -0.15) is 10.2 Å². The van der Waals surface area contributed by atoms with Crippen LogP contribution < -0.4 is 10.5 Å². The highest BCUT2D eigenvalue weighted by atomic mass is 16.1. The number of rotatable bonds is 4. The molecule has 1 unspecified atom stereocenters. The molecular weight excluding hydrogens is 364 g/mol. The summed E-state index contributed by atoms with van der Waals surface area (Å²) in [7, 11) is 0. The number of hydrogen-bond donors (Lipinski definition) is 0. The molecule has 0 aromatic carbocycles. The van der Waals surface area contributed by atoms with E-state index < -0.39 is 0 Å². The zero-order valence-electron chi connectivity index (χ0n) is 16.4. The Labute approximate surface area is 169 Å². The predicted molar refractivity (Wildman–Crippen MR) is 111 cm³/mol. The highest BCUT2D eigenvalue weighted by Gasteiger charge is 2.28. The molecule has 5 rings (SSSR count). The monoisotopic (exact) mass is 388 g/mol. The van der Waals surface area contributed by atoms with Crippen LogP contribution in [0.1, 0.15) is 36.9 Å². The molecule has 1 atom stereocenters. The molecule has 2 aliphatic rings. The molecule has 29 heavy (non-hydrogen) atoms. The zero-order valence-corrected chi connectivity index (χ0v) is 16.4. The lowest BCUT2D eigenvalue weighted by Gasteiger charge is -2.27. The summed E-state index contributed by atoms with van der Waals surface area (Å²) < 4.78 is 1.58. The number of aromatic nitrogens is 5. The minimum Gasteiger partial charge on any atom is -0.350 e. The van der Waals surface area contributed by atoms with E-state index in [0.717, 1.165) is 55.0 Å². The van der Waals surface area contributed by atoms with Crippen molar-refractivity contribution in [3.63, 3.8) is 0 Å². The molecule has 3 aromatic rings. The normalized spacial score (nSPS) is 18.6. The molecule has 148 valence electrons. The Hall–Kier alpha value is -3.09. The van der Waals surface area contributed by atoms with Gasteiger partial charge in [0.25, 0.3) is 5.56 Å². The van der Waals surface area contributed by atoms with E-state index in [0.29, 0.717) is 6.54 Å². The van der Waals surface area contributed by atoms with Gasteiger partial charge in [0.05, 0.1) is 24.0 Å². The first-order valence-electron chi connectivity index (χ1n) is 10.4. The van der Waals surface area contributed by atoms with Crippen molar-refractivity contribution in [2.24, 2.45) is 0 Å². The van der Waals surface area contributed by atoms with Crippen molar-refractivity contribution in [3.8, 4) is 11.3 Å². The molecular formula is C22H24N6O. The SMILES string of the molecule is O=c1ccc(-c2cccnc2)nn1CC1CCCN1c1cc2c(nn1)CCCC2. The van der Waals surface area contributed by atoms with Crippen LogP contribution in [-0.2, 0) is 19.4 Å². The standard InChI is InChI=1S/C22H24N6O/c29-22-10-9-20(17-6-3-11-23-14-17)26-28(22)15-18-7-4-12-27(18)21-13-16-5-1-2-8-19(16)24-25-21/h3,6,9-11,13-14,18H,1-2,4-5,7-8,12,15H2. The molecule has 1 aliphatic carbocycles. The number of nitrogens with zero attached hydrogens (tertiary/aromatic N) is 6. The second-order valence-corrected chi connectivity index (χ2v) is 7.85. The topological polar surface area (TPSA) is 76.8 Å². The fraction of sp³-hybridized carbons (Fsp3) is 0.409. The summed E-state index contributed by atoms with van der Waals surface area (Å²) in [6.07, 6.45) is 10.1. The highest BCUT2D eigenvalue weighted by Crippen LogP contribution is 2.28. The lowest BCUT2D eigenvalue weighted by atomic mass is 9.97. The first-order chi connectivity index (χ1) is 14.3. The fourth-order valence-electron chi connectivity index (χ4n) is 4.39. The van der Waals surface area contributed by atoms with Crippen LogP contribution in [0.4, 0.5) is 5.82 Å². The minimum atomic E-state index is -0.0824. The second-order valence-electron chi connectivity index (χ2n) is 7.85. The fourth-order valence-corrected chi connectivity index (χ4v) is 4.39. The number of aryl methyl sites for hydroxylation is 2. The third-order valence-electron chi connectivity index (χ3n) is 5.94. The predicted octanol–water partition coefficient (Wildman–Crippen LogP) is 2.64. The lowest BCUT2D eigenvalue weighted by molar-refractivity contribution is 0.487. The molecule has 1 fully saturated rings. The van der Waals surface area contributed by atoms with Crippen LogP contribution in [0.25, 0.3) is 11.3 Å². The molecule has 4 heterocycles. The second kappa shape index (κ2) is 7.73. The maximum absolute atomic E-state index is 12.5. The molecule has 1 saturated heterocycles. The van der Waals surface area contributed by atoms with Gasteiger partial charge in [-0.25, -0.2) is 4.68 Å². The van der Waals surface area contributed by atoms with E-state index in [9.17, 15) is 4.79 Å². The van der Waals surface area contributed by atoms with Crippen molar-refractivity contribution in [1.29, 1.82) is 0 Å². The molecule has 0 saturated carbocycles. The maximum Gasteiger partial charge on any atom is 0.266 e. The number of fused-ring (bicyclic) bond motifs is 1. The van der Waals surface area contributed by atoms with Crippen molar-refractivity contribution in [1.82, 2.24) is 25.0 Å². The Morgan fingerprint density at radius 1 is 1.07 bits per heavy atom. The van der Waals surface area contributed by atoms with E-state index in [-0.39, 0.29) is 11.6 Å². The van der Waals surface area contributed by atoms with Crippen molar-refractivity contribution < 1.29 is 0 Å². The molecule has 7 nitrogen and oxygen atoms in total. The van der Waals surface area contributed by atoms with Crippen molar-refractivity contribution in [2.45, 2.75) is 51.1 Å². The highest BCUT2D eigenvalue weighted by molar-refractivity contribution is 5.56. The van der Waals surface area contributed by atoms with Gasteiger partial charge >= 0.3 is 0 Å². The van der Waals surface area contributed by atoms with E-state index in [2.05, 4.69) is 31.2 Å². The third kappa shape index (κ3) is 3.64. The minimum absolute atomic E-state index is 0.0824. The average molecular weight is 388 g/mol. The van der Waals surface area contributed by atoms with E-state index >= 15 is 0 Å². The molecule has 3 aromatic heterocycles. The molecule has 1 aliphatic heterocycles. The first kappa shape index (κ1) is 18.0. The number of hydrogen-bond acceptors (Lipinski definition) is 6. The Balaban J connectivity index is 1.41. The van der Waals surface area contributed by atoms with Gasteiger partial charge in [-0.15, -0.1) is 5.10 Å². The van der Waals surface area contributed by atoms with Gasteiger partial charge in [0.2, 0.25) is 0 Å². The van der Waals surface area contributed by atoms with Gasteiger partial charge in [-0.05, 0) is 68.4 Å². The Kier molecular flexibility index (Phi) is 4.79. The Bertz CT molecular complexity index is 1060. The van der Waals surface area contributed by atoms with Crippen LogP contribution in [-0.4, -0.2) is 37.5 Å². The molecule has 7 heteroatoms. The largest absolute Gasteiger partial charge is 0.350 e. The van der Waals surface area contributed by atoms with E-state index in [1.165, 1.54) is 18.4 Å². The lowest BCUT2D eigenvalue weighted by Crippen LogP contribution is -2.37. The summed E-state index contributed by atoms with van der Waals surface area (Å²) in [6, 6.07) is 9.58. The van der Waals surface area contributed by atoms with Gasteiger partial charge in [-0.1, -0.05) is 0 Å². The smallest absolute Gasteiger partial charge is 0.266 e. The molecule has 0 spiro atoms. The van der Waals surface area contributed by atoms with Crippen LogP contribution in [0.15, 0.2) is 47.5 Å². The third-order valence-corrected chi connectivity index (χ3v) is 5.94. The maximum atomic E-state index is 12.5. The van der Waals surface area contributed by atoms with Crippen LogP contribution in [0.2, 0.25) is 0 Å². The Morgan fingerprint density at radius 2 is 2.00 bits per heavy atom. The number of anilines is 1. The summed E-state index contributed by atoms with van der Waals surface area (Å²) in [5, 5.41) is 13.6. The Morgan fingerprint density at radius 3 is 2.90 bits per heavy atom.